The van der Waals surface area contributed by atoms with Gasteiger partial charge < -0.3 is 15.0 Å². The van der Waals surface area contributed by atoms with Gasteiger partial charge in [0, 0.05) is 23.6 Å². The number of hydrogen-bond acceptors (Lipinski definition) is 4. The van der Waals surface area contributed by atoms with Gasteiger partial charge in [0.25, 0.3) is 5.91 Å². The fourth-order valence-electron chi connectivity index (χ4n) is 3.97. The van der Waals surface area contributed by atoms with Crippen LogP contribution in [0.15, 0.2) is 48.5 Å². The summed E-state index contributed by atoms with van der Waals surface area (Å²) in [5, 5.41) is 7.30. The summed E-state index contributed by atoms with van der Waals surface area (Å²) in [7, 11) is 1.52. The Hall–Kier alpha value is -4.03. The maximum absolute atomic E-state index is 13.4. The predicted octanol–water partition coefficient (Wildman–Crippen LogP) is 7.10. The molecular weight excluding hydrogens is 566 g/mol. The van der Waals surface area contributed by atoms with Crippen molar-refractivity contribution in [2.45, 2.75) is 58.3 Å². The van der Waals surface area contributed by atoms with Gasteiger partial charge in [-0.3, -0.25) is 9.59 Å². The number of hydrogen-bond donors (Lipinski definition) is 1. The summed E-state index contributed by atoms with van der Waals surface area (Å²) in [6.45, 7) is 6.88. The van der Waals surface area contributed by atoms with E-state index in [2.05, 4.69) is 10.4 Å². The molecule has 0 aliphatic carbocycles. The first-order valence-corrected chi connectivity index (χ1v) is 13.1. The third kappa shape index (κ3) is 8.04. The van der Waals surface area contributed by atoms with Crippen molar-refractivity contribution in [1.82, 2.24) is 14.7 Å². The minimum atomic E-state index is -5.12. The summed E-state index contributed by atoms with van der Waals surface area (Å²) in [6, 6.07) is 9.18. The quantitative estimate of drug-likeness (QED) is 0.267. The number of halogens is 6. The maximum atomic E-state index is 13.4. The summed E-state index contributed by atoms with van der Waals surface area (Å²) < 4.78 is 87.0. The highest BCUT2D eigenvalue weighted by Gasteiger charge is 2.38. The topological polar surface area (TPSA) is 76.5 Å². The SMILES string of the molecule is CCCCN(CC(=O)Nc1cc(C(C)(C)C)nn1-c1ccc(OC)cc1)C(=O)c1cc(C(F)(F)F)cc(C(F)(F)F)c1. The molecule has 0 aliphatic rings. The van der Waals surface area contributed by atoms with Crippen molar-refractivity contribution in [3.63, 3.8) is 0 Å². The van der Waals surface area contributed by atoms with Gasteiger partial charge in [-0.1, -0.05) is 34.1 Å². The van der Waals surface area contributed by atoms with Gasteiger partial charge in [-0.15, -0.1) is 0 Å². The molecule has 3 rings (SSSR count). The Morgan fingerprint density at radius 3 is 1.98 bits per heavy atom. The van der Waals surface area contributed by atoms with E-state index in [1.807, 2.05) is 20.8 Å². The van der Waals surface area contributed by atoms with Crippen molar-refractivity contribution >= 4 is 17.6 Å². The first-order chi connectivity index (χ1) is 19.4. The smallest absolute Gasteiger partial charge is 0.416 e. The lowest BCUT2D eigenvalue weighted by Crippen LogP contribution is -2.39. The monoisotopic (exact) mass is 598 g/mol. The molecule has 0 saturated carbocycles. The number of nitrogens with zero attached hydrogens (tertiary/aromatic N) is 3. The van der Waals surface area contributed by atoms with Gasteiger partial charge in [-0.05, 0) is 48.9 Å². The molecule has 0 atom stereocenters. The zero-order valence-electron chi connectivity index (χ0n) is 23.8. The number of nitrogens with one attached hydrogen (secondary N) is 1. The minimum Gasteiger partial charge on any atom is -0.497 e. The van der Waals surface area contributed by atoms with Crippen molar-refractivity contribution in [1.29, 1.82) is 0 Å². The molecule has 0 spiro atoms. The molecule has 2 amide bonds. The molecule has 42 heavy (non-hydrogen) atoms. The molecule has 1 aromatic heterocycles. The zero-order valence-corrected chi connectivity index (χ0v) is 23.8. The number of anilines is 1. The van der Waals surface area contributed by atoms with Gasteiger partial charge in [-0.25, -0.2) is 4.68 Å². The second kappa shape index (κ2) is 12.5. The number of alkyl halides is 6. The molecular formula is C29H32F6N4O3. The van der Waals surface area contributed by atoms with Crippen LogP contribution in [0.2, 0.25) is 0 Å². The third-order valence-electron chi connectivity index (χ3n) is 6.30. The fourth-order valence-corrected chi connectivity index (χ4v) is 3.97. The second-order valence-electron chi connectivity index (χ2n) is 10.7. The van der Waals surface area contributed by atoms with Crippen LogP contribution in [0.5, 0.6) is 5.75 Å². The lowest BCUT2D eigenvalue weighted by Gasteiger charge is -2.23. The Bertz CT molecular complexity index is 1370. The number of carbonyl (C=O) groups is 2. The van der Waals surface area contributed by atoms with Crippen LogP contribution in [0.3, 0.4) is 0 Å². The van der Waals surface area contributed by atoms with Crippen LogP contribution >= 0.6 is 0 Å². The van der Waals surface area contributed by atoms with Crippen molar-refractivity contribution in [3.05, 3.63) is 70.9 Å². The summed E-state index contributed by atoms with van der Waals surface area (Å²) in [5.74, 6) is -0.982. The molecule has 1 N–H and O–H groups in total. The number of methoxy groups -OCH3 is 1. The number of aromatic nitrogens is 2. The standard InChI is InChI=1S/C29H32F6N4O3/c1-6-7-12-38(26(41)18-13-19(28(30,31)32)15-20(14-18)29(33,34)35)17-25(40)36-24-16-23(27(2,3)4)37-39(24)21-8-10-22(42-5)11-9-21/h8-11,13-16H,6-7,12,17H2,1-5H3,(H,36,40). The fraction of sp³-hybridized carbons (Fsp3) is 0.414. The van der Waals surface area contributed by atoms with E-state index in [1.165, 1.54) is 11.8 Å². The maximum Gasteiger partial charge on any atom is 0.416 e. The molecule has 0 saturated heterocycles. The third-order valence-corrected chi connectivity index (χ3v) is 6.30. The number of ether oxygens (including phenoxy) is 1. The Morgan fingerprint density at radius 2 is 1.50 bits per heavy atom. The van der Waals surface area contributed by atoms with Gasteiger partial charge in [-0.2, -0.15) is 31.4 Å². The molecule has 13 heteroatoms. The van der Waals surface area contributed by atoms with Crippen molar-refractivity contribution in [2.24, 2.45) is 0 Å². The number of rotatable bonds is 9. The van der Waals surface area contributed by atoms with E-state index in [0.29, 0.717) is 42.1 Å². The highest BCUT2D eigenvalue weighted by atomic mass is 19.4. The van der Waals surface area contributed by atoms with Gasteiger partial charge >= 0.3 is 12.4 Å². The molecule has 0 radical (unpaired) electrons. The van der Waals surface area contributed by atoms with Gasteiger partial charge in [0.15, 0.2) is 0 Å². The van der Waals surface area contributed by atoms with Crippen LogP contribution in [0, 0.1) is 0 Å². The summed E-state index contributed by atoms with van der Waals surface area (Å²) in [6.07, 6.45) is -9.32. The Kier molecular flexibility index (Phi) is 9.63. The van der Waals surface area contributed by atoms with Crippen molar-refractivity contribution < 1.29 is 40.7 Å². The lowest BCUT2D eigenvalue weighted by molar-refractivity contribution is -0.143. The Labute approximate surface area is 239 Å². The van der Waals surface area contributed by atoms with E-state index in [4.69, 9.17) is 4.74 Å². The number of carbonyl (C=O) groups excluding carboxylic acids is 2. The van der Waals surface area contributed by atoms with Crippen molar-refractivity contribution in [3.8, 4) is 11.4 Å². The van der Waals surface area contributed by atoms with Gasteiger partial charge in [0.2, 0.25) is 5.91 Å². The number of amides is 2. The number of unbranched alkanes of at least 4 members (excludes halogenated alkanes) is 1. The molecule has 0 fully saturated rings. The molecule has 0 aliphatic heterocycles. The average molecular weight is 599 g/mol. The molecule has 0 unspecified atom stereocenters. The molecule has 2 aromatic carbocycles. The molecule has 1 heterocycles. The lowest BCUT2D eigenvalue weighted by atomic mass is 9.92. The largest absolute Gasteiger partial charge is 0.497 e. The van der Waals surface area contributed by atoms with Crippen LogP contribution in [-0.4, -0.2) is 46.7 Å². The van der Waals surface area contributed by atoms with Crippen molar-refractivity contribution in [2.75, 3.05) is 25.5 Å². The van der Waals surface area contributed by atoms with Gasteiger partial charge in [0.1, 0.15) is 18.1 Å². The molecule has 3 aromatic rings. The van der Waals surface area contributed by atoms with E-state index in [-0.39, 0.29) is 18.4 Å². The van der Waals surface area contributed by atoms with E-state index < -0.39 is 52.8 Å². The van der Waals surface area contributed by atoms with Crippen LogP contribution in [0.4, 0.5) is 32.2 Å². The molecule has 7 nitrogen and oxygen atoms in total. The normalized spacial score (nSPS) is 12.3. The average Bonchev–Trinajstić information content (AvgIpc) is 3.33. The van der Waals surface area contributed by atoms with E-state index in [1.54, 1.807) is 37.3 Å². The predicted molar refractivity (Wildman–Crippen MR) is 145 cm³/mol. The molecule has 0 bridgehead atoms. The van der Waals surface area contributed by atoms with Crippen LogP contribution in [0.1, 0.15) is 67.7 Å². The van der Waals surface area contributed by atoms with Crippen LogP contribution in [-0.2, 0) is 22.6 Å². The zero-order chi connectivity index (χ0) is 31.5. The van der Waals surface area contributed by atoms with E-state index in [9.17, 15) is 35.9 Å². The number of benzene rings is 2. The van der Waals surface area contributed by atoms with Crippen LogP contribution < -0.4 is 10.1 Å². The Morgan fingerprint density at radius 1 is 0.929 bits per heavy atom. The second-order valence-corrected chi connectivity index (χ2v) is 10.7. The van der Waals surface area contributed by atoms with E-state index in [0.717, 1.165) is 4.90 Å². The summed E-state index contributed by atoms with van der Waals surface area (Å²) in [4.78, 5) is 27.4. The highest BCUT2D eigenvalue weighted by Crippen LogP contribution is 2.36. The van der Waals surface area contributed by atoms with Crippen LogP contribution in [0.25, 0.3) is 5.69 Å². The Balaban J connectivity index is 1.95. The highest BCUT2D eigenvalue weighted by molar-refractivity contribution is 5.99. The summed E-state index contributed by atoms with van der Waals surface area (Å²) in [5.41, 5.74) is -3.22. The molecule has 228 valence electrons. The minimum absolute atomic E-state index is 0.0486. The van der Waals surface area contributed by atoms with Gasteiger partial charge in [0.05, 0.1) is 29.6 Å². The first kappa shape index (κ1) is 32.5. The van der Waals surface area contributed by atoms with E-state index >= 15 is 0 Å². The summed E-state index contributed by atoms with van der Waals surface area (Å²) >= 11 is 0. The first-order valence-electron chi connectivity index (χ1n) is 13.1.